The lowest BCUT2D eigenvalue weighted by Gasteiger charge is -2.17. The van der Waals surface area contributed by atoms with Gasteiger partial charge in [0.2, 0.25) is 0 Å². The molecular formula is C10H10F3NOS. The Bertz CT molecular complexity index is 392. The molecule has 2 N–H and O–H groups in total. The van der Waals surface area contributed by atoms with Crippen molar-refractivity contribution in [3.8, 4) is 5.75 Å². The van der Waals surface area contributed by atoms with E-state index in [1.165, 1.54) is 25.1 Å². The molecular weight excluding hydrogens is 239 g/mol. The van der Waals surface area contributed by atoms with E-state index < -0.39 is 17.8 Å². The predicted molar refractivity (Wildman–Crippen MR) is 58.3 cm³/mol. The first-order chi connectivity index (χ1) is 7.32. The Labute approximate surface area is 96.2 Å². The molecule has 1 unspecified atom stereocenters. The van der Waals surface area contributed by atoms with E-state index in [4.69, 9.17) is 10.5 Å². The van der Waals surface area contributed by atoms with Crippen molar-refractivity contribution in [2.24, 2.45) is 5.73 Å². The molecule has 0 aliphatic carbocycles. The highest BCUT2D eigenvalue weighted by Gasteiger charge is 2.34. The van der Waals surface area contributed by atoms with Gasteiger partial charge in [-0.2, -0.15) is 13.2 Å². The molecule has 1 rings (SSSR count). The summed E-state index contributed by atoms with van der Waals surface area (Å²) in [6, 6.07) is 4.93. The van der Waals surface area contributed by atoms with Gasteiger partial charge in [0.25, 0.3) is 0 Å². The van der Waals surface area contributed by atoms with Crippen LogP contribution in [0, 0.1) is 0 Å². The number of rotatable bonds is 3. The van der Waals surface area contributed by atoms with E-state index in [1.54, 1.807) is 0 Å². The quantitative estimate of drug-likeness (QED) is 0.836. The molecule has 2 nitrogen and oxygen atoms in total. The maximum atomic E-state index is 12.6. The van der Waals surface area contributed by atoms with Gasteiger partial charge in [0.05, 0.1) is 5.56 Å². The van der Waals surface area contributed by atoms with Gasteiger partial charge in [-0.25, -0.2) is 0 Å². The molecule has 0 aromatic heterocycles. The molecule has 0 aliphatic rings. The van der Waals surface area contributed by atoms with Crippen LogP contribution in [0.4, 0.5) is 13.2 Å². The second-order valence-corrected chi connectivity index (χ2v) is 3.63. The summed E-state index contributed by atoms with van der Waals surface area (Å²) in [4.78, 5) is 0.0111. The zero-order valence-electron chi connectivity index (χ0n) is 8.41. The fourth-order valence-electron chi connectivity index (χ4n) is 1.05. The molecule has 1 atom stereocenters. The van der Waals surface area contributed by atoms with Gasteiger partial charge in [-0.05, 0) is 19.1 Å². The zero-order chi connectivity index (χ0) is 12.3. The normalized spacial score (nSPS) is 13.2. The Balaban J connectivity index is 3.01. The fourth-order valence-corrected chi connectivity index (χ4v) is 1.10. The summed E-state index contributed by atoms with van der Waals surface area (Å²) in [7, 11) is 0. The number of benzene rings is 1. The lowest BCUT2D eigenvalue weighted by Crippen LogP contribution is -2.29. The van der Waals surface area contributed by atoms with Crippen molar-refractivity contribution in [1.82, 2.24) is 0 Å². The second-order valence-electron chi connectivity index (χ2n) is 3.16. The number of halogens is 3. The van der Waals surface area contributed by atoms with Crippen LogP contribution in [0.1, 0.15) is 12.5 Å². The second kappa shape index (κ2) is 4.69. The monoisotopic (exact) mass is 249 g/mol. The molecule has 6 heteroatoms. The van der Waals surface area contributed by atoms with Crippen LogP contribution in [0.25, 0.3) is 0 Å². The van der Waals surface area contributed by atoms with Crippen LogP contribution >= 0.6 is 12.2 Å². The highest BCUT2D eigenvalue weighted by atomic mass is 32.1. The van der Waals surface area contributed by atoms with Gasteiger partial charge in [0.1, 0.15) is 16.8 Å². The molecule has 1 aromatic rings. The molecule has 0 heterocycles. The van der Waals surface area contributed by atoms with Crippen LogP contribution < -0.4 is 10.5 Å². The fraction of sp³-hybridized carbons (Fsp3) is 0.300. The van der Waals surface area contributed by atoms with Crippen LogP contribution in [0.15, 0.2) is 24.3 Å². The molecule has 0 radical (unpaired) electrons. The summed E-state index contributed by atoms with van der Waals surface area (Å²) in [5, 5.41) is 0. The Morgan fingerprint density at radius 1 is 1.38 bits per heavy atom. The minimum Gasteiger partial charge on any atom is -0.483 e. The van der Waals surface area contributed by atoms with Crippen molar-refractivity contribution in [1.29, 1.82) is 0 Å². The molecule has 0 fully saturated rings. The van der Waals surface area contributed by atoms with Gasteiger partial charge in [0.15, 0.2) is 0 Å². The molecule has 0 saturated heterocycles. The maximum Gasteiger partial charge on any atom is 0.419 e. The third-order valence-electron chi connectivity index (χ3n) is 1.90. The summed E-state index contributed by atoms with van der Waals surface area (Å²) >= 11 is 4.63. The van der Waals surface area contributed by atoms with Gasteiger partial charge in [0, 0.05) is 0 Å². The summed E-state index contributed by atoms with van der Waals surface area (Å²) in [6.45, 7) is 1.50. The average Bonchev–Trinajstić information content (AvgIpc) is 2.16. The van der Waals surface area contributed by atoms with E-state index in [0.717, 1.165) is 6.07 Å². The predicted octanol–water partition coefficient (Wildman–Crippen LogP) is 2.76. The van der Waals surface area contributed by atoms with Gasteiger partial charge >= 0.3 is 6.18 Å². The first-order valence-electron chi connectivity index (χ1n) is 4.44. The molecule has 0 saturated carbocycles. The van der Waals surface area contributed by atoms with E-state index in [0.29, 0.717) is 0 Å². The minimum absolute atomic E-state index is 0.0111. The molecule has 0 bridgehead atoms. The first-order valence-corrected chi connectivity index (χ1v) is 4.85. The minimum atomic E-state index is -4.45. The molecule has 88 valence electrons. The lowest BCUT2D eigenvalue weighted by molar-refractivity contribution is -0.139. The molecule has 1 aromatic carbocycles. The van der Waals surface area contributed by atoms with Crippen LogP contribution in [-0.2, 0) is 6.18 Å². The number of ether oxygens (including phenoxy) is 1. The van der Waals surface area contributed by atoms with E-state index in [2.05, 4.69) is 12.2 Å². The summed E-state index contributed by atoms with van der Waals surface area (Å²) in [6.07, 6.45) is -5.19. The number of hydrogen-bond acceptors (Lipinski definition) is 2. The average molecular weight is 249 g/mol. The van der Waals surface area contributed by atoms with Gasteiger partial charge in [-0.1, -0.05) is 24.4 Å². The van der Waals surface area contributed by atoms with E-state index in [9.17, 15) is 13.2 Å². The standard InChI is InChI=1S/C10H10F3NOS/c1-6(9(14)16)15-8-5-3-2-4-7(8)10(11,12)13/h2-6H,1H3,(H2,14,16). The number of hydrogen-bond donors (Lipinski definition) is 1. The van der Waals surface area contributed by atoms with Gasteiger partial charge < -0.3 is 10.5 Å². The van der Waals surface area contributed by atoms with Gasteiger partial charge in [-0.3, -0.25) is 0 Å². The van der Waals surface area contributed by atoms with Crippen LogP contribution in [0.3, 0.4) is 0 Å². The van der Waals surface area contributed by atoms with E-state index in [-0.39, 0.29) is 10.7 Å². The number of para-hydroxylation sites is 1. The zero-order valence-corrected chi connectivity index (χ0v) is 9.23. The van der Waals surface area contributed by atoms with Crippen LogP contribution in [0.2, 0.25) is 0 Å². The van der Waals surface area contributed by atoms with Gasteiger partial charge in [-0.15, -0.1) is 0 Å². The van der Waals surface area contributed by atoms with Crippen LogP contribution in [0.5, 0.6) is 5.75 Å². The highest BCUT2D eigenvalue weighted by Crippen LogP contribution is 2.36. The van der Waals surface area contributed by atoms with E-state index in [1.807, 2.05) is 0 Å². The van der Waals surface area contributed by atoms with Crippen LogP contribution in [-0.4, -0.2) is 11.1 Å². The Kier molecular flexibility index (Phi) is 3.74. The molecule has 0 aliphatic heterocycles. The largest absolute Gasteiger partial charge is 0.483 e. The maximum absolute atomic E-state index is 12.6. The number of nitrogens with two attached hydrogens (primary N) is 1. The number of alkyl halides is 3. The molecule has 0 spiro atoms. The summed E-state index contributed by atoms with van der Waals surface area (Å²) in [5.41, 5.74) is 4.43. The topological polar surface area (TPSA) is 35.2 Å². The summed E-state index contributed by atoms with van der Waals surface area (Å²) < 4.78 is 42.7. The Morgan fingerprint density at radius 3 is 2.44 bits per heavy atom. The summed E-state index contributed by atoms with van der Waals surface area (Å²) in [5.74, 6) is -0.268. The van der Waals surface area contributed by atoms with E-state index >= 15 is 0 Å². The number of thiocarbonyl (C=S) groups is 1. The molecule has 0 amide bonds. The third-order valence-corrected chi connectivity index (χ3v) is 2.23. The lowest BCUT2D eigenvalue weighted by atomic mass is 10.2. The van der Waals surface area contributed by atoms with Crippen molar-refractivity contribution < 1.29 is 17.9 Å². The Hall–Kier alpha value is -1.30. The smallest absolute Gasteiger partial charge is 0.419 e. The third kappa shape index (κ3) is 3.10. The van der Waals surface area contributed by atoms with Crippen molar-refractivity contribution >= 4 is 17.2 Å². The molecule has 16 heavy (non-hydrogen) atoms. The van der Waals surface area contributed by atoms with Crippen molar-refractivity contribution in [2.45, 2.75) is 19.2 Å². The van der Waals surface area contributed by atoms with Crippen molar-refractivity contribution in [3.05, 3.63) is 29.8 Å². The highest BCUT2D eigenvalue weighted by molar-refractivity contribution is 7.80. The first kappa shape index (κ1) is 12.8. The van der Waals surface area contributed by atoms with Crippen molar-refractivity contribution in [2.75, 3.05) is 0 Å². The Morgan fingerprint density at radius 2 is 1.94 bits per heavy atom. The van der Waals surface area contributed by atoms with Crippen molar-refractivity contribution in [3.63, 3.8) is 0 Å². The SMILES string of the molecule is CC(Oc1ccccc1C(F)(F)F)C(N)=S.